The highest BCUT2D eigenvalue weighted by Crippen LogP contribution is 2.11. The van der Waals surface area contributed by atoms with Crippen molar-refractivity contribution in [2.75, 3.05) is 12.0 Å². The molecule has 0 aliphatic carbocycles. The first-order valence-electron chi connectivity index (χ1n) is 3.32. The standard InChI is InChI=1S/C5H13BrN2OP2/c6-3-1-2-5(9)7-4-8-11-10/h8,11H,1-4,10H2,(H,7,9). The lowest BCUT2D eigenvalue weighted by molar-refractivity contribution is -0.121. The van der Waals surface area contributed by atoms with E-state index in [1.54, 1.807) is 0 Å². The van der Waals surface area contributed by atoms with E-state index in [9.17, 15) is 4.79 Å². The number of carbonyl (C=O) groups is 1. The average Bonchev–Trinajstić information content (AvgIpc) is 2.01. The third kappa shape index (κ3) is 8.68. The number of carbonyl (C=O) groups excluding carboxylic acids is 1. The molecule has 0 spiro atoms. The maximum Gasteiger partial charge on any atom is 0.221 e. The molecule has 1 amide bonds. The van der Waals surface area contributed by atoms with Gasteiger partial charge in [-0.3, -0.25) is 9.88 Å². The van der Waals surface area contributed by atoms with E-state index in [2.05, 4.69) is 35.3 Å². The van der Waals surface area contributed by atoms with E-state index in [-0.39, 0.29) is 5.91 Å². The number of halogens is 1. The summed E-state index contributed by atoms with van der Waals surface area (Å²) in [5.74, 6) is 0.111. The van der Waals surface area contributed by atoms with E-state index in [4.69, 9.17) is 0 Å². The van der Waals surface area contributed by atoms with Crippen molar-refractivity contribution >= 4 is 39.2 Å². The lowest BCUT2D eigenvalue weighted by Crippen LogP contribution is -2.29. The second-order valence-electron chi connectivity index (χ2n) is 1.89. The van der Waals surface area contributed by atoms with Crippen molar-refractivity contribution in [3.05, 3.63) is 0 Å². The molecule has 0 aromatic rings. The number of rotatable bonds is 6. The van der Waals surface area contributed by atoms with E-state index in [0.29, 0.717) is 21.5 Å². The zero-order chi connectivity index (χ0) is 8.53. The molecular weight excluding hydrogens is 246 g/mol. The van der Waals surface area contributed by atoms with Crippen LogP contribution in [0.3, 0.4) is 0 Å². The number of nitrogens with one attached hydrogen (secondary N) is 2. The van der Waals surface area contributed by atoms with Gasteiger partial charge in [-0.25, -0.2) is 0 Å². The highest BCUT2D eigenvalue weighted by Gasteiger charge is 1.97. The Morgan fingerprint density at radius 2 is 2.36 bits per heavy atom. The largest absolute Gasteiger partial charge is 0.343 e. The second kappa shape index (κ2) is 8.86. The lowest BCUT2D eigenvalue weighted by Gasteiger charge is -2.03. The zero-order valence-corrected chi connectivity index (χ0v) is 9.93. The summed E-state index contributed by atoms with van der Waals surface area (Å²) in [5.41, 5.74) is 0. The molecule has 0 radical (unpaired) electrons. The van der Waals surface area contributed by atoms with Crippen LogP contribution in [0.15, 0.2) is 0 Å². The molecule has 0 bridgehead atoms. The summed E-state index contributed by atoms with van der Waals surface area (Å²) in [7, 11) is 3.16. The van der Waals surface area contributed by atoms with Gasteiger partial charge >= 0.3 is 0 Å². The van der Waals surface area contributed by atoms with Crippen LogP contribution in [0.2, 0.25) is 0 Å². The van der Waals surface area contributed by atoms with Gasteiger partial charge in [0.25, 0.3) is 0 Å². The van der Waals surface area contributed by atoms with Crippen molar-refractivity contribution in [2.24, 2.45) is 0 Å². The molecule has 0 saturated carbocycles. The van der Waals surface area contributed by atoms with Gasteiger partial charge in [-0.1, -0.05) is 24.9 Å². The fraction of sp³-hybridized carbons (Fsp3) is 0.800. The summed E-state index contributed by atoms with van der Waals surface area (Å²) in [6, 6.07) is 0. The molecule has 2 unspecified atom stereocenters. The summed E-state index contributed by atoms with van der Waals surface area (Å²) < 4.78 is 0. The quantitative estimate of drug-likeness (QED) is 0.326. The van der Waals surface area contributed by atoms with Crippen LogP contribution < -0.4 is 10.4 Å². The Balaban J connectivity index is 3.09. The Bertz CT molecular complexity index is 115. The van der Waals surface area contributed by atoms with Crippen molar-refractivity contribution in [1.82, 2.24) is 10.4 Å². The van der Waals surface area contributed by atoms with Crippen LogP contribution in [0.1, 0.15) is 12.8 Å². The molecule has 0 aliphatic rings. The predicted octanol–water partition coefficient (Wildman–Crippen LogP) is 1.21. The van der Waals surface area contributed by atoms with Crippen LogP contribution in [0.4, 0.5) is 0 Å². The molecule has 3 nitrogen and oxygen atoms in total. The molecule has 0 aromatic heterocycles. The van der Waals surface area contributed by atoms with Crippen LogP contribution in [-0.4, -0.2) is 17.9 Å². The first-order valence-corrected chi connectivity index (χ1v) is 7.25. The monoisotopic (exact) mass is 258 g/mol. The molecule has 0 rings (SSSR count). The Kier molecular flexibility index (Phi) is 9.48. The third-order valence-corrected chi connectivity index (χ3v) is 2.57. The zero-order valence-electron chi connectivity index (χ0n) is 6.19. The number of hydrogen-bond acceptors (Lipinski definition) is 2. The topological polar surface area (TPSA) is 41.1 Å². The van der Waals surface area contributed by atoms with Crippen LogP contribution >= 0.6 is 33.3 Å². The summed E-state index contributed by atoms with van der Waals surface area (Å²) in [6.45, 7) is 0.572. The van der Waals surface area contributed by atoms with Gasteiger partial charge in [0.15, 0.2) is 0 Å². The Labute approximate surface area is 79.5 Å². The van der Waals surface area contributed by atoms with Gasteiger partial charge in [-0.2, -0.15) is 0 Å². The van der Waals surface area contributed by atoms with Gasteiger partial charge in [0, 0.05) is 11.8 Å². The van der Waals surface area contributed by atoms with E-state index < -0.39 is 0 Å². The second-order valence-corrected chi connectivity index (χ2v) is 4.19. The Hall–Kier alpha value is 0.770. The van der Waals surface area contributed by atoms with Gasteiger partial charge in [0.2, 0.25) is 5.91 Å². The SMILES string of the molecule is O=C(CCCBr)NCNPP. The fourth-order valence-electron chi connectivity index (χ4n) is 0.510. The fourth-order valence-corrected chi connectivity index (χ4v) is 1.29. The first-order chi connectivity index (χ1) is 5.31. The molecule has 2 atom stereocenters. The summed E-state index contributed by atoms with van der Waals surface area (Å²) in [6.07, 6.45) is 1.50. The molecule has 66 valence electrons. The van der Waals surface area contributed by atoms with Crippen LogP contribution in [-0.2, 0) is 4.79 Å². The van der Waals surface area contributed by atoms with Crippen molar-refractivity contribution in [3.63, 3.8) is 0 Å². The van der Waals surface area contributed by atoms with E-state index in [1.807, 2.05) is 0 Å². The highest BCUT2D eigenvalue weighted by atomic mass is 79.9. The van der Waals surface area contributed by atoms with Gasteiger partial charge < -0.3 is 5.32 Å². The van der Waals surface area contributed by atoms with Crippen LogP contribution in [0, 0.1) is 0 Å². The molecule has 0 aliphatic heterocycles. The van der Waals surface area contributed by atoms with Gasteiger partial charge in [-0.15, -0.1) is 0 Å². The Morgan fingerprint density at radius 1 is 1.64 bits per heavy atom. The lowest BCUT2D eigenvalue weighted by atomic mass is 10.3. The highest BCUT2D eigenvalue weighted by molar-refractivity contribution is 9.09. The van der Waals surface area contributed by atoms with Gasteiger partial charge in [0.1, 0.15) is 0 Å². The molecule has 2 N–H and O–H groups in total. The third-order valence-electron chi connectivity index (χ3n) is 1.01. The normalized spacial score (nSPS) is 10.7. The summed E-state index contributed by atoms with van der Waals surface area (Å²) in [5, 5.41) is 6.63. The number of hydrogen-bond donors (Lipinski definition) is 2. The van der Waals surface area contributed by atoms with Gasteiger partial charge in [-0.05, 0) is 14.8 Å². The number of amides is 1. The van der Waals surface area contributed by atoms with E-state index >= 15 is 0 Å². The van der Waals surface area contributed by atoms with Crippen LogP contribution in [0.25, 0.3) is 0 Å². The van der Waals surface area contributed by atoms with Crippen molar-refractivity contribution < 1.29 is 4.79 Å². The minimum Gasteiger partial charge on any atom is -0.343 e. The molecule has 0 aromatic carbocycles. The Morgan fingerprint density at radius 3 is 2.91 bits per heavy atom. The molecule has 0 heterocycles. The molecule has 6 heteroatoms. The summed E-state index contributed by atoms with van der Waals surface area (Å²) >= 11 is 3.26. The van der Waals surface area contributed by atoms with Crippen molar-refractivity contribution in [3.8, 4) is 0 Å². The number of alkyl halides is 1. The van der Waals surface area contributed by atoms with E-state index in [1.165, 1.54) is 0 Å². The molecular formula is C5H13BrN2OP2. The van der Waals surface area contributed by atoms with E-state index in [0.717, 1.165) is 11.8 Å². The maximum absolute atomic E-state index is 10.9. The molecule has 0 fully saturated rings. The molecule has 11 heavy (non-hydrogen) atoms. The molecule has 0 saturated heterocycles. The van der Waals surface area contributed by atoms with Crippen LogP contribution in [0.5, 0.6) is 0 Å². The minimum atomic E-state index is 0.111. The van der Waals surface area contributed by atoms with Gasteiger partial charge in [0.05, 0.1) is 6.67 Å². The summed E-state index contributed by atoms with van der Waals surface area (Å²) in [4.78, 5) is 10.9. The first kappa shape index (κ1) is 11.8. The predicted molar refractivity (Wildman–Crippen MR) is 57.2 cm³/mol. The minimum absolute atomic E-state index is 0.111. The van der Waals surface area contributed by atoms with Crippen molar-refractivity contribution in [1.29, 1.82) is 0 Å². The average molecular weight is 259 g/mol. The smallest absolute Gasteiger partial charge is 0.221 e. The maximum atomic E-state index is 10.9. The van der Waals surface area contributed by atoms with Crippen molar-refractivity contribution in [2.45, 2.75) is 12.8 Å².